The third-order valence-corrected chi connectivity index (χ3v) is 5.45. The molecule has 0 aliphatic rings. The maximum Gasteiger partial charge on any atom is 0.231 e. The van der Waals surface area contributed by atoms with Gasteiger partial charge in [0.15, 0.2) is 5.82 Å². The molecular weight excluding hydrogens is 395 g/mol. The van der Waals surface area contributed by atoms with Crippen LogP contribution in [0.1, 0.15) is 20.8 Å². The largest absolute Gasteiger partial charge is 0.337 e. The molecule has 0 aliphatic heterocycles. The number of carbonyl (C=O) groups is 1. The van der Waals surface area contributed by atoms with Gasteiger partial charge in [0, 0.05) is 10.6 Å². The van der Waals surface area contributed by atoms with Gasteiger partial charge in [-0.15, -0.1) is 10.2 Å². The van der Waals surface area contributed by atoms with Crippen LogP contribution in [0.4, 0.5) is 0 Å². The van der Waals surface area contributed by atoms with Crippen molar-refractivity contribution in [3.63, 3.8) is 0 Å². The molecule has 0 bridgehead atoms. The van der Waals surface area contributed by atoms with E-state index in [0.29, 0.717) is 26.6 Å². The number of nitrogens with two attached hydrogens (primary N) is 1. The smallest absolute Gasteiger partial charge is 0.231 e. The van der Waals surface area contributed by atoms with Crippen molar-refractivity contribution in [1.82, 2.24) is 20.2 Å². The molecule has 2 rings (SSSR count). The number of carbonyl (C=O) groups excluding carboxylic acids is 1. The summed E-state index contributed by atoms with van der Waals surface area (Å²) < 4.78 is 1.26. The minimum atomic E-state index is -0.935. The highest BCUT2D eigenvalue weighted by molar-refractivity contribution is 7.99. The Hall–Kier alpha value is -1.95. The molecule has 3 N–H and O–H groups in total. The van der Waals surface area contributed by atoms with E-state index in [4.69, 9.17) is 29.0 Å². The molecule has 0 fully saturated rings. The minimum absolute atomic E-state index is 0.0294. The van der Waals surface area contributed by atoms with Crippen LogP contribution in [0.2, 0.25) is 10.0 Å². The fourth-order valence-electron chi connectivity index (χ4n) is 1.99. The zero-order valence-corrected chi connectivity index (χ0v) is 16.8. The second kappa shape index (κ2) is 8.16. The van der Waals surface area contributed by atoms with E-state index in [1.54, 1.807) is 25.1 Å². The van der Waals surface area contributed by atoms with Crippen LogP contribution in [0.5, 0.6) is 0 Å². The normalized spacial score (nSPS) is 13.3. The standard InChI is InChI=1S/C16H18Cl2N6OS/c1-9(2)16(3,8-19)21-13(25)7-26-15-23-22-14(24(15)20)11-5-4-10(17)6-12(11)18/h4-6,9H,7,20H2,1-3H3,(H,21,25)/t16-/m0/s1. The van der Waals surface area contributed by atoms with E-state index in [9.17, 15) is 10.1 Å². The van der Waals surface area contributed by atoms with Crippen LogP contribution in [0.25, 0.3) is 11.4 Å². The average Bonchev–Trinajstić information content (AvgIpc) is 2.93. The van der Waals surface area contributed by atoms with Gasteiger partial charge in [-0.05, 0) is 31.0 Å². The lowest BCUT2D eigenvalue weighted by atomic mass is 9.90. The van der Waals surface area contributed by atoms with Gasteiger partial charge in [0.05, 0.1) is 16.8 Å². The molecule has 1 amide bonds. The van der Waals surface area contributed by atoms with Crippen LogP contribution in [-0.4, -0.2) is 32.1 Å². The van der Waals surface area contributed by atoms with Crippen LogP contribution >= 0.6 is 35.0 Å². The number of nitrogens with one attached hydrogen (secondary N) is 1. The summed E-state index contributed by atoms with van der Waals surface area (Å²) in [5, 5.41) is 21.3. The average molecular weight is 413 g/mol. The minimum Gasteiger partial charge on any atom is -0.337 e. The molecule has 1 aromatic carbocycles. The number of hydrogen-bond donors (Lipinski definition) is 2. The van der Waals surface area contributed by atoms with Gasteiger partial charge < -0.3 is 11.2 Å². The predicted molar refractivity (Wildman–Crippen MR) is 103 cm³/mol. The number of nitrogens with zero attached hydrogens (tertiary/aromatic N) is 4. The van der Waals surface area contributed by atoms with Gasteiger partial charge in [-0.1, -0.05) is 48.8 Å². The first-order valence-corrected chi connectivity index (χ1v) is 9.43. The number of amides is 1. The summed E-state index contributed by atoms with van der Waals surface area (Å²) in [4.78, 5) is 12.2. The highest BCUT2D eigenvalue weighted by atomic mass is 35.5. The number of nitrogen functional groups attached to an aromatic ring is 1. The fourth-order valence-corrected chi connectivity index (χ4v) is 3.14. The first kappa shape index (κ1) is 20.4. The van der Waals surface area contributed by atoms with E-state index >= 15 is 0 Å². The van der Waals surface area contributed by atoms with Crippen LogP contribution < -0.4 is 11.2 Å². The third-order valence-electron chi connectivity index (χ3n) is 3.95. The molecule has 2 aromatic rings. The summed E-state index contributed by atoms with van der Waals surface area (Å²) in [6.07, 6.45) is 0. The number of hydrogen-bond acceptors (Lipinski definition) is 6. The molecule has 0 saturated heterocycles. The van der Waals surface area contributed by atoms with Crippen molar-refractivity contribution in [2.24, 2.45) is 5.92 Å². The van der Waals surface area contributed by atoms with Crippen molar-refractivity contribution in [2.75, 3.05) is 11.6 Å². The Kier molecular flexibility index (Phi) is 6.39. The Morgan fingerprint density at radius 3 is 2.73 bits per heavy atom. The summed E-state index contributed by atoms with van der Waals surface area (Å²) in [5.41, 5.74) is -0.352. The van der Waals surface area contributed by atoms with E-state index in [2.05, 4.69) is 21.6 Å². The molecule has 1 atom stereocenters. The predicted octanol–water partition coefficient (Wildman–Crippen LogP) is 3.11. The van der Waals surface area contributed by atoms with Gasteiger partial charge in [-0.3, -0.25) is 4.79 Å². The molecule has 10 heteroatoms. The monoisotopic (exact) mass is 412 g/mol. The Balaban J connectivity index is 2.09. The number of thioether (sulfide) groups is 1. The summed E-state index contributed by atoms with van der Waals surface area (Å²) in [6.45, 7) is 5.43. The molecule has 0 spiro atoms. The van der Waals surface area contributed by atoms with Gasteiger partial charge in [0.1, 0.15) is 5.54 Å². The van der Waals surface area contributed by atoms with E-state index in [1.807, 2.05) is 13.8 Å². The van der Waals surface area contributed by atoms with E-state index < -0.39 is 5.54 Å². The van der Waals surface area contributed by atoms with Crippen molar-refractivity contribution < 1.29 is 4.79 Å². The second-order valence-corrected chi connectivity index (χ2v) is 7.89. The lowest BCUT2D eigenvalue weighted by Gasteiger charge is -2.27. The van der Waals surface area contributed by atoms with Gasteiger partial charge in [-0.2, -0.15) is 5.26 Å². The molecule has 1 aromatic heterocycles. The highest BCUT2D eigenvalue weighted by Crippen LogP contribution is 2.30. The Labute approximate surface area is 165 Å². The van der Waals surface area contributed by atoms with Gasteiger partial charge in [0.2, 0.25) is 11.1 Å². The maximum atomic E-state index is 12.2. The van der Waals surface area contributed by atoms with Crippen LogP contribution in [0.3, 0.4) is 0 Å². The Bertz CT molecular complexity index is 863. The molecule has 138 valence electrons. The van der Waals surface area contributed by atoms with Crippen molar-refractivity contribution in [3.8, 4) is 17.5 Å². The Morgan fingerprint density at radius 2 is 2.15 bits per heavy atom. The molecule has 26 heavy (non-hydrogen) atoms. The maximum absolute atomic E-state index is 12.2. The topological polar surface area (TPSA) is 110 Å². The molecule has 0 unspecified atom stereocenters. The van der Waals surface area contributed by atoms with E-state index in [1.165, 1.54) is 4.68 Å². The number of rotatable bonds is 6. The van der Waals surface area contributed by atoms with Crippen molar-refractivity contribution in [1.29, 1.82) is 5.26 Å². The van der Waals surface area contributed by atoms with Crippen molar-refractivity contribution >= 4 is 40.9 Å². The molecular formula is C16H18Cl2N6OS. The first-order chi connectivity index (χ1) is 12.2. The number of benzene rings is 1. The van der Waals surface area contributed by atoms with Crippen molar-refractivity contribution in [2.45, 2.75) is 31.5 Å². The van der Waals surface area contributed by atoms with Crippen LogP contribution in [0, 0.1) is 17.2 Å². The Morgan fingerprint density at radius 1 is 1.46 bits per heavy atom. The fraction of sp³-hybridized carbons (Fsp3) is 0.375. The first-order valence-electron chi connectivity index (χ1n) is 7.69. The SMILES string of the molecule is CC(C)[C@](C)(C#N)NC(=O)CSc1nnc(-c2ccc(Cl)cc2Cl)n1N. The molecule has 0 aliphatic carbocycles. The summed E-state index contributed by atoms with van der Waals surface area (Å²) >= 11 is 13.2. The van der Waals surface area contributed by atoms with Gasteiger partial charge in [-0.25, -0.2) is 4.68 Å². The third kappa shape index (κ3) is 4.41. The van der Waals surface area contributed by atoms with Crippen LogP contribution in [0.15, 0.2) is 23.4 Å². The number of aromatic nitrogens is 3. The van der Waals surface area contributed by atoms with Gasteiger partial charge in [0.25, 0.3) is 0 Å². The zero-order chi connectivity index (χ0) is 19.5. The summed E-state index contributed by atoms with van der Waals surface area (Å²) in [5.74, 6) is 6.12. The molecule has 7 nitrogen and oxygen atoms in total. The van der Waals surface area contributed by atoms with E-state index in [-0.39, 0.29) is 17.6 Å². The lowest BCUT2D eigenvalue weighted by molar-refractivity contribution is -0.120. The number of nitriles is 1. The lowest BCUT2D eigenvalue weighted by Crippen LogP contribution is -2.49. The summed E-state index contributed by atoms with van der Waals surface area (Å²) in [6, 6.07) is 7.08. The molecule has 1 heterocycles. The van der Waals surface area contributed by atoms with Crippen molar-refractivity contribution in [3.05, 3.63) is 28.2 Å². The van der Waals surface area contributed by atoms with E-state index in [0.717, 1.165) is 11.8 Å². The van der Waals surface area contributed by atoms with Gasteiger partial charge >= 0.3 is 0 Å². The zero-order valence-electron chi connectivity index (χ0n) is 14.5. The highest BCUT2D eigenvalue weighted by Gasteiger charge is 2.30. The second-order valence-electron chi connectivity index (χ2n) is 6.11. The van der Waals surface area contributed by atoms with Crippen LogP contribution in [-0.2, 0) is 4.79 Å². The quantitative estimate of drug-likeness (QED) is 0.556. The molecule has 0 radical (unpaired) electrons. The molecule has 0 saturated carbocycles. The number of halogens is 2. The summed E-state index contributed by atoms with van der Waals surface area (Å²) in [7, 11) is 0.